The molecule has 0 aliphatic rings. The summed E-state index contributed by atoms with van der Waals surface area (Å²) in [5, 5.41) is 13.4. The molecule has 9 N–H and O–H groups in total. The summed E-state index contributed by atoms with van der Waals surface area (Å²) in [6, 6.07) is -1.66. The summed E-state index contributed by atoms with van der Waals surface area (Å²) in [6.07, 6.45) is 0.680. The van der Waals surface area contributed by atoms with E-state index in [0.29, 0.717) is 6.42 Å². The van der Waals surface area contributed by atoms with Gasteiger partial charge in [0.2, 0.25) is 11.8 Å². The van der Waals surface area contributed by atoms with Crippen molar-refractivity contribution in [2.45, 2.75) is 38.8 Å². The molecule has 0 spiro atoms. The van der Waals surface area contributed by atoms with Crippen molar-refractivity contribution >= 4 is 23.7 Å². The van der Waals surface area contributed by atoms with Crippen LogP contribution in [-0.2, 0) is 14.4 Å². The van der Waals surface area contributed by atoms with Crippen LogP contribution in [0.1, 0.15) is 26.7 Å². The third-order valence-corrected chi connectivity index (χ3v) is 3.01. The molecular weight excluding hydrogens is 304 g/mol. The van der Waals surface area contributed by atoms with Gasteiger partial charge in [0.15, 0.2) is 5.96 Å². The maximum Gasteiger partial charge on any atom is 0.322 e. The summed E-state index contributed by atoms with van der Waals surface area (Å²) < 4.78 is 0. The number of nitrogens with zero attached hydrogens (tertiary/aromatic N) is 1. The second-order valence-corrected chi connectivity index (χ2v) is 5.39. The largest absolute Gasteiger partial charge is 0.480 e. The number of aliphatic carboxylic acids is 1. The minimum Gasteiger partial charge on any atom is -0.480 e. The Balaban J connectivity index is 4.71. The van der Waals surface area contributed by atoms with Crippen molar-refractivity contribution in [3.63, 3.8) is 0 Å². The maximum absolute atomic E-state index is 12.0. The van der Waals surface area contributed by atoms with Crippen molar-refractivity contribution < 1.29 is 19.5 Å². The molecule has 0 aromatic rings. The fourth-order valence-corrected chi connectivity index (χ4v) is 1.63. The number of carboxylic acids is 1. The SMILES string of the molecule is CC(C)C(N)C(=O)NC(CCCN=C(N)N)C(=O)NCC(=O)O. The number of rotatable bonds is 10. The van der Waals surface area contributed by atoms with Crippen LogP contribution in [0, 0.1) is 5.92 Å². The number of carbonyl (C=O) groups is 3. The highest BCUT2D eigenvalue weighted by Crippen LogP contribution is 2.03. The van der Waals surface area contributed by atoms with E-state index in [1.807, 2.05) is 0 Å². The van der Waals surface area contributed by atoms with Gasteiger partial charge in [-0.1, -0.05) is 13.8 Å². The van der Waals surface area contributed by atoms with Gasteiger partial charge in [0.25, 0.3) is 0 Å². The Hall–Kier alpha value is -2.36. The molecule has 0 saturated heterocycles. The topological polar surface area (TPSA) is 186 Å². The molecule has 0 heterocycles. The van der Waals surface area contributed by atoms with Crippen molar-refractivity contribution in [2.24, 2.45) is 28.1 Å². The van der Waals surface area contributed by atoms with Gasteiger partial charge >= 0.3 is 5.97 Å². The molecule has 0 aromatic carbocycles. The summed E-state index contributed by atoms with van der Waals surface area (Å²) in [6.45, 7) is 3.32. The molecule has 0 aromatic heterocycles. The van der Waals surface area contributed by atoms with Crippen molar-refractivity contribution in [3.05, 3.63) is 0 Å². The minimum atomic E-state index is -1.18. The number of aliphatic imine (C=N–C) groups is 1. The first-order chi connectivity index (χ1) is 10.6. The van der Waals surface area contributed by atoms with E-state index in [1.54, 1.807) is 13.8 Å². The van der Waals surface area contributed by atoms with Gasteiger partial charge < -0.3 is 32.9 Å². The maximum atomic E-state index is 12.0. The molecule has 0 radical (unpaired) electrons. The fourth-order valence-electron chi connectivity index (χ4n) is 1.63. The van der Waals surface area contributed by atoms with Crippen LogP contribution in [-0.4, -0.2) is 54.0 Å². The zero-order valence-corrected chi connectivity index (χ0v) is 13.4. The van der Waals surface area contributed by atoms with Crippen LogP contribution < -0.4 is 27.8 Å². The van der Waals surface area contributed by atoms with Crippen LogP contribution in [0.2, 0.25) is 0 Å². The van der Waals surface area contributed by atoms with Gasteiger partial charge in [-0.15, -0.1) is 0 Å². The van der Waals surface area contributed by atoms with Crippen LogP contribution in [0.4, 0.5) is 0 Å². The molecule has 0 rings (SSSR count). The van der Waals surface area contributed by atoms with Gasteiger partial charge in [-0.25, -0.2) is 0 Å². The molecule has 0 saturated carbocycles. The standard InChI is InChI=1S/C13H26N6O4/c1-7(2)10(14)12(23)19-8(4-3-5-17-13(15)16)11(22)18-6-9(20)21/h7-8,10H,3-6,14H2,1-2H3,(H,18,22)(H,19,23)(H,20,21)(H4,15,16,17). The highest BCUT2D eigenvalue weighted by atomic mass is 16.4. The Morgan fingerprint density at radius 3 is 2.26 bits per heavy atom. The van der Waals surface area contributed by atoms with E-state index in [9.17, 15) is 14.4 Å². The molecule has 0 bridgehead atoms. The summed E-state index contributed by atoms with van der Waals surface area (Å²) in [4.78, 5) is 38.3. The van der Waals surface area contributed by atoms with Crippen LogP contribution in [0.5, 0.6) is 0 Å². The second kappa shape index (κ2) is 10.4. The number of hydrogen-bond donors (Lipinski definition) is 6. The first-order valence-electron chi connectivity index (χ1n) is 7.26. The number of carboxylic acid groups (broad SMARTS) is 1. The lowest BCUT2D eigenvalue weighted by Gasteiger charge is -2.21. The third-order valence-electron chi connectivity index (χ3n) is 3.01. The van der Waals surface area contributed by atoms with Crippen molar-refractivity contribution in [3.8, 4) is 0 Å². The number of carbonyl (C=O) groups excluding carboxylic acids is 2. The lowest BCUT2D eigenvalue weighted by atomic mass is 10.0. The highest BCUT2D eigenvalue weighted by Gasteiger charge is 2.25. The molecule has 0 aliphatic carbocycles. The van der Waals surface area contributed by atoms with E-state index in [0.717, 1.165) is 0 Å². The normalized spacial score (nSPS) is 13.0. The molecule has 2 amide bonds. The third kappa shape index (κ3) is 9.30. The predicted octanol–water partition coefficient (Wildman–Crippen LogP) is -2.29. The lowest BCUT2D eigenvalue weighted by molar-refractivity contribution is -0.138. The Kier molecular flexibility index (Phi) is 9.31. The molecule has 2 atom stereocenters. The monoisotopic (exact) mass is 330 g/mol. The predicted molar refractivity (Wildman–Crippen MR) is 85.3 cm³/mol. The van der Waals surface area contributed by atoms with Gasteiger partial charge in [-0.05, 0) is 18.8 Å². The first-order valence-corrected chi connectivity index (χ1v) is 7.26. The van der Waals surface area contributed by atoms with Crippen LogP contribution in [0.15, 0.2) is 4.99 Å². The summed E-state index contributed by atoms with van der Waals surface area (Å²) in [5.41, 5.74) is 16.1. The number of guanidine groups is 1. The van der Waals surface area contributed by atoms with Crippen molar-refractivity contribution in [1.29, 1.82) is 0 Å². The smallest absolute Gasteiger partial charge is 0.322 e. The van der Waals surface area contributed by atoms with Crippen molar-refractivity contribution in [1.82, 2.24) is 10.6 Å². The van der Waals surface area contributed by atoms with Crippen LogP contribution >= 0.6 is 0 Å². The molecular formula is C13H26N6O4. The minimum absolute atomic E-state index is 0.0669. The van der Waals surface area contributed by atoms with E-state index >= 15 is 0 Å². The number of hydrogen-bond acceptors (Lipinski definition) is 5. The average Bonchev–Trinajstić information content (AvgIpc) is 2.46. The second-order valence-electron chi connectivity index (χ2n) is 5.39. The molecule has 2 unspecified atom stereocenters. The summed E-state index contributed by atoms with van der Waals surface area (Å²) >= 11 is 0. The van der Waals surface area contributed by atoms with Gasteiger partial charge in [0.1, 0.15) is 12.6 Å². The van der Waals surface area contributed by atoms with E-state index in [2.05, 4.69) is 15.6 Å². The molecule has 10 heteroatoms. The summed E-state index contributed by atoms with van der Waals surface area (Å²) in [7, 11) is 0. The first kappa shape index (κ1) is 20.6. The Morgan fingerprint density at radius 2 is 1.78 bits per heavy atom. The molecule has 23 heavy (non-hydrogen) atoms. The summed E-state index contributed by atoms with van der Waals surface area (Å²) in [5.74, 6) is -2.41. The number of amides is 2. The number of nitrogens with two attached hydrogens (primary N) is 3. The zero-order chi connectivity index (χ0) is 18.0. The molecule has 0 fully saturated rings. The quantitative estimate of drug-likeness (QED) is 0.148. The zero-order valence-electron chi connectivity index (χ0n) is 13.4. The molecule has 10 nitrogen and oxygen atoms in total. The van der Waals surface area contributed by atoms with Gasteiger partial charge in [0, 0.05) is 6.54 Å². The van der Waals surface area contributed by atoms with Crippen LogP contribution in [0.3, 0.4) is 0 Å². The van der Waals surface area contributed by atoms with Crippen LogP contribution in [0.25, 0.3) is 0 Å². The highest BCUT2D eigenvalue weighted by molar-refractivity contribution is 5.91. The Labute approximate surface area is 134 Å². The van der Waals surface area contributed by atoms with Crippen molar-refractivity contribution in [2.75, 3.05) is 13.1 Å². The number of nitrogens with one attached hydrogen (secondary N) is 2. The van der Waals surface area contributed by atoms with E-state index in [1.165, 1.54) is 0 Å². The van der Waals surface area contributed by atoms with E-state index in [4.69, 9.17) is 22.3 Å². The Morgan fingerprint density at radius 1 is 1.17 bits per heavy atom. The average molecular weight is 330 g/mol. The fraction of sp³-hybridized carbons (Fsp3) is 0.692. The van der Waals surface area contributed by atoms with Gasteiger partial charge in [-0.2, -0.15) is 0 Å². The van der Waals surface area contributed by atoms with E-state index < -0.39 is 36.4 Å². The van der Waals surface area contributed by atoms with E-state index in [-0.39, 0.29) is 24.8 Å². The molecule has 132 valence electrons. The van der Waals surface area contributed by atoms with Gasteiger partial charge in [-0.3, -0.25) is 19.4 Å². The Bertz CT molecular complexity index is 448. The lowest BCUT2D eigenvalue weighted by Crippen LogP contribution is -2.53. The molecule has 0 aliphatic heterocycles. The van der Waals surface area contributed by atoms with Gasteiger partial charge in [0.05, 0.1) is 6.04 Å².